The van der Waals surface area contributed by atoms with E-state index < -0.39 is 0 Å². The Morgan fingerprint density at radius 1 is 1.07 bits per heavy atom. The van der Waals surface area contributed by atoms with Crippen molar-refractivity contribution < 1.29 is 9.59 Å². The molecule has 27 heavy (non-hydrogen) atoms. The summed E-state index contributed by atoms with van der Waals surface area (Å²) in [4.78, 5) is 32.3. The molecule has 0 radical (unpaired) electrons. The predicted molar refractivity (Wildman–Crippen MR) is 107 cm³/mol. The monoisotopic (exact) mass is 366 g/mol. The van der Waals surface area contributed by atoms with E-state index in [-0.39, 0.29) is 18.2 Å². The molecule has 6 nitrogen and oxygen atoms in total. The van der Waals surface area contributed by atoms with Crippen molar-refractivity contribution in [3.63, 3.8) is 0 Å². The minimum Gasteiger partial charge on any atom is -0.372 e. The van der Waals surface area contributed by atoms with Gasteiger partial charge in [0.25, 0.3) is 0 Å². The Bertz CT molecular complexity index is 756. The molecular weight excluding hydrogens is 340 g/mol. The normalized spacial score (nSPS) is 13.4. The van der Waals surface area contributed by atoms with Gasteiger partial charge in [0.05, 0.1) is 0 Å². The molecule has 0 aliphatic carbocycles. The lowest BCUT2D eigenvalue weighted by molar-refractivity contribution is -0.133. The molecule has 1 saturated heterocycles. The first-order chi connectivity index (χ1) is 13.1. The highest BCUT2D eigenvalue weighted by Gasteiger charge is 2.15. The molecule has 0 bridgehead atoms. The van der Waals surface area contributed by atoms with Gasteiger partial charge < -0.3 is 15.1 Å². The number of rotatable bonds is 7. The Hall–Kier alpha value is -2.89. The summed E-state index contributed by atoms with van der Waals surface area (Å²) in [7, 11) is 1.72. The minimum atomic E-state index is -0.287. The lowest BCUT2D eigenvalue weighted by atomic mass is 10.2. The number of anilines is 2. The average molecular weight is 366 g/mol. The fourth-order valence-electron chi connectivity index (χ4n) is 3.18. The fraction of sp³-hybridized carbons (Fsp3) is 0.381. The zero-order chi connectivity index (χ0) is 19.1. The quantitative estimate of drug-likeness (QED) is 0.765. The van der Waals surface area contributed by atoms with Crippen LogP contribution in [0.5, 0.6) is 0 Å². The van der Waals surface area contributed by atoms with Crippen molar-refractivity contribution >= 4 is 23.2 Å². The van der Waals surface area contributed by atoms with Crippen molar-refractivity contribution in [3.8, 4) is 0 Å². The highest BCUT2D eigenvalue weighted by molar-refractivity contribution is 6.03. The van der Waals surface area contributed by atoms with E-state index in [1.165, 1.54) is 18.5 Å². The molecule has 1 aliphatic rings. The third-order valence-corrected chi connectivity index (χ3v) is 4.85. The molecule has 1 aromatic carbocycles. The zero-order valence-corrected chi connectivity index (χ0v) is 15.7. The molecule has 1 fully saturated rings. The van der Waals surface area contributed by atoms with Crippen molar-refractivity contribution in [2.45, 2.75) is 25.7 Å². The Morgan fingerprint density at radius 3 is 2.41 bits per heavy atom. The molecule has 2 heterocycles. The van der Waals surface area contributed by atoms with E-state index in [4.69, 9.17) is 0 Å². The standard InChI is InChI=1S/C21H26N4O2/c1-24(15-10-17-8-11-22-12-9-17)21(27)16-20(26)23-18-4-6-19(7-5-18)25-13-2-3-14-25/h4-9,11-12H,2-3,10,13-16H2,1H3,(H,23,26). The maximum Gasteiger partial charge on any atom is 0.233 e. The van der Waals surface area contributed by atoms with E-state index in [2.05, 4.69) is 15.2 Å². The second-order valence-electron chi connectivity index (χ2n) is 6.89. The van der Waals surface area contributed by atoms with E-state index >= 15 is 0 Å². The first-order valence-electron chi connectivity index (χ1n) is 9.39. The van der Waals surface area contributed by atoms with Gasteiger partial charge in [0.1, 0.15) is 6.42 Å². The van der Waals surface area contributed by atoms with Gasteiger partial charge >= 0.3 is 0 Å². The number of nitrogens with one attached hydrogen (secondary N) is 1. The number of nitrogens with zero attached hydrogens (tertiary/aromatic N) is 3. The van der Waals surface area contributed by atoms with Crippen LogP contribution in [0.2, 0.25) is 0 Å². The summed E-state index contributed by atoms with van der Waals surface area (Å²) in [5.41, 5.74) is 3.01. The first-order valence-corrected chi connectivity index (χ1v) is 9.39. The first kappa shape index (κ1) is 18.9. The van der Waals surface area contributed by atoms with Gasteiger partial charge in [0.2, 0.25) is 11.8 Å². The fourth-order valence-corrected chi connectivity index (χ4v) is 3.18. The lowest BCUT2D eigenvalue weighted by Gasteiger charge is -2.18. The van der Waals surface area contributed by atoms with Crippen molar-refractivity contribution in [1.29, 1.82) is 0 Å². The van der Waals surface area contributed by atoms with E-state index in [0.29, 0.717) is 6.54 Å². The summed E-state index contributed by atoms with van der Waals surface area (Å²) in [6.45, 7) is 2.75. The van der Waals surface area contributed by atoms with Gasteiger partial charge in [-0.25, -0.2) is 0 Å². The average Bonchev–Trinajstić information content (AvgIpc) is 3.22. The van der Waals surface area contributed by atoms with Crippen molar-refractivity contribution in [2.75, 3.05) is 36.9 Å². The van der Waals surface area contributed by atoms with Crippen LogP contribution in [-0.4, -0.2) is 48.4 Å². The van der Waals surface area contributed by atoms with Crippen LogP contribution in [0.15, 0.2) is 48.8 Å². The molecule has 2 aromatic rings. The van der Waals surface area contributed by atoms with Gasteiger partial charge in [-0.05, 0) is 61.2 Å². The number of benzene rings is 1. The van der Waals surface area contributed by atoms with Crippen LogP contribution in [0, 0.1) is 0 Å². The minimum absolute atomic E-state index is 0.152. The molecule has 0 atom stereocenters. The molecule has 1 aliphatic heterocycles. The number of amides is 2. The summed E-state index contributed by atoms with van der Waals surface area (Å²) in [6.07, 6.45) is 6.52. The highest BCUT2D eigenvalue weighted by Crippen LogP contribution is 2.22. The SMILES string of the molecule is CN(CCc1ccncc1)C(=O)CC(=O)Nc1ccc(N2CCCC2)cc1. The van der Waals surface area contributed by atoms with Crippen LogP contribution < -0.4 is 10.2 Å². The summed E-state index contributed by atoms with van der Waals surface area (Å²) in [6, 6.07) is 11.7. The summed E-state index contributed by atoms with van der Waals surface area (Å²) in [5, 5.41) is 2.81. The Kier molecular flexibility index (Phi) is 6.41. The van der Waals surface area contributed by atoms with Gasteiger partial charge in [-0.2, -0.15) is 0 Å². The van der Waals surface area contributed by atoms with Crippen LogP contribution in [0.25, 0.3) is 0 Å². The maximum absolute atomic E-state index is 12.2. The largest absolute Gasteiger partial charge is 0.372 e. The molecule has 6 heteroatoms. The van der Waals surface area contributed by atoms with Gasteiger partial charge in [0.15, 0.2) is 0 Å². The molecular formula is C21H26N4O2. The number of hydrogen-bond donors (Lipinski definition) is 1. The van der Waals surface area contributed by atoms with Crippen LogP contribution >= 0.6 is 0 Å². The number of aromatic nitrogens is 1. The molecule has 0 spiro atoms. The summed E-state index contributed by atoms with van der Waals surface area (Å²) >= 11 is 0. The molecule has 0 unspecified atom stereocenters. The van der Waals surface area contributed by atoms with E-state index in [0.717, 1.165) is 30.8 Å². The number of hydrogen-bond acceptors (Lipinski definition) is 4. The lowest BCUT2D eigenvalue weighted by Crippen LogP contribution is -2.32. The van der Waals surface area contributed by atoms with Gasteiger partial charge in [0, 0.05) is 50.5 Å². The summed E-state index contributed by atoms with van der Waals surface area (Å²) in [5.74, 6) is -0.472. The number of carbonyl (C=O) groups is 2. The smallest absolute Gasteiger partial charge is 0.233 e. The second-order valence-corrected chi connectivity index (χ2v) is 6.89. The molecule has 1 N–H and O–H groups in total. The summed E-state index contributed by atoms with van der Waals surface area (Å²) < 4.78 is 0. The Morgan fingerprint density at radius 2 is 1.74 bits per heavy atom. The molecule has 2 amide bonds. The third-order valence-electron chi connectivity index (χ3n) is 4.85. The Balaban J connectivity index is 1.44. The van der Waals surface area contributed by atoms with Crippen LogP contribution in [0.4, 0.5) is 11.4 Å². The van der Waals surface area contributed by atoms with Crippen molar-refractivity contribution in [2.24, 2.45) is 0 Å². The van der Waals surface area contributed by atoms with Gasteiger partial charge in [-0.3, -0.25) is 14.6 Å². The number of carbonyl (C=O) groups excluding carboxylic acids is 2. The predicted octanol–water partition coefficient (Wildman–Crippen LogP) is 2.71. The van der Waals surface area contributed by atoms with Gasteiger partial charge in [-0.1, -0.05) is 0 Å². The van der Waals surface area contributed by atoms with Crippen LogP contribution in [0.3, 0.4) is 0 Å². The van der Waals surface area contributed by atoms with E-state index in [9.17, 15) is 9.59 Å². The van der Waals surface area contributed by atoms with Crippen molar-refractivity contribution in [3.05, 3.63) is 54.4 Å². The number of likely N-dealkylation sites (N-methyl/N-ethyl adjacent to an activating group) is 1. The topological polar surface area (TPSA) is 65.5 Å². The zero-order valence-electron chi connectivity index (χ0n) is 15.7. The molecule has 0 saturated carbocycles. The second kappa shape index (κ2) is 9.16. The molecule has 3 rings (SSSR count). The molecule has 142 valence electrons. The van der Waals surface area contributed by atoms with E-state index in [1.54, 1.807) is 24.3 Å². The van der Waals surface area contributed by atoms with E-state index in [1.807, 2.05) is 36.4 Å². The molecule has 1 aromatic heterocycles. The highest BCUT2D eigenvalue weighted by atomic mass is 16.2. The third kappa shape index (κ3) is 5.54. The van der Waals surface area contributed by atoms with Crippen LogP contribution in [0.1, 0.15) is 24.8 Å². The maximum atomic E-state index is 12.2. The van der Waals surface area contributed by atoms with Gasteiger partial charge in [-0.15, -0.1) is 0 Å². The Labute approximate surface area is 160 Å². The number of pyridine rings is 1. The van der Waals surface area contributed by atoms with Crippen LogP contribution in [-0.2, 0) is 16.0 Å². The van der Waals surface area contributed by atoms with Crippen molar-refractivity contribution in [1.82, 2.24) is 9.88 Å².